The topological polar surface area (TPSA) is 52.8 Å². The molecule has 0 unspecified atom stereocenters. The largest absolute Gasteiger partial charge is 0.438 e. The maximum Gasteiger partial charge on any atom is 0.237 e. The first-order valence-electron chi connectivity index (χ1n) is 7.94. The summed E-state index contributed by atoms with van der Waals surface area (Å²) in [6.45, 7) is 2.93. The molecule has 0 aliphatic carbocycles. The molecule has 25 heavy (non-hydrogen) atoms. The van der Waals surface area contributed by atoms with E-state index < -0.39 is 0 Å². The third-order valence-corrected chi connectivity index (χ3v) is 4.14. The number of aromatic nitrogens is 4. The number of hydrogen-bond acceptors (Lipinski definition) is 4. The zero-order valence-corrected chi connectivity index (χ0v) is 14.3. The second-order valence-corrected chi connectivity index (χ2v) is 5.92. The SMILES string of the molecule is CCn1c(-c2ccc(Oc3cnccn3)cc2)nc2cc(Cl)ccc21. The van der Waals surface area contributed by atoms with Crippen molar-refractivity contribution < 1.29 is 4.74 Å². The van der Waals surface area contributed by atoms with Crippen LogP contribution < -0.4 is 4.74 Å². The highest BCUT2D eigenvalue weighted by molar-refractivity contribution is 6.31. The third kappa shape index (κ3) is 3.06. The molecule has 0 aliphatic heterocycles. The average molecular weight is 351 g/mol. The quantitative estimate of drug-likeness (QED) is 0.522. The maximum absolute atomic E-state index is 6.09. The Kier molecular flexibility index (Phi) is 4.07. The number of rotatable bonds is 4. The molecule has 0 bridgehead atoms. The van der Waals surface area contributed by atoms with Crippen LogP contribution >= 0.6 is 11.6 Å². The van der Waals surface area contributed by atoms with Gasteiger partial charge in [-0.15, -0.1) is 0 Å². The summed E-state index contributed by atoms with van der Waals surface area (Å²) in [4.78, 5) is 12.8. The van der Waals surface area contributed by atoms with Crippen LogP contribution in [0.4, 0.5) is 0 Å². The molecule has 0 fully saturated rings. The highest BCUT2D eigenvalue weighted by atomic mass is 35.5. The first-order valence-corrected chi connectivity index (χ1v) is 8.32. The highest BCUT2D eigenvalue weighted by Gasteiger charge is 2.12. The first-order chi connectivity index (χ1) is 12.2. The van der Waals surface area contributed by atoms with Gasteiger partial charge in [0, 0.05) is 29.5 Å². The normalized spacial score (nSPS) is 11.0. The molecule has 2 aromatic heterocycles. The van der Waals surface area contributed by atoms with E-state index >= 15 is 0 Å². The van der Waals surface area contributed by atoms with Crippen LogP contribution in [0.3, 0.4) is 0 Å². The Hall–Kier alpha value is -2.92. The Labute approximate surface area is 149 Å². The minimum Gasteiger partial charge on any atom is -0.438 e. The number of ether oxygens (including phenoxy) is 1. The molecule has 0 atom stereocenters. The predicted molar refractivity (Wildman–Crippen MR) is 98.0 cm³/mol. The summed E-state index contributed by atoms with van der Waals surface area (Å²) < 4.78 is 7.85. The summed E-state index contributed by atoms with van der Waals surface area (Å²) in [5, 5.41) is 0.688. The molecule has 5 nitrogen and oxygen atoms in total. The van der Waals surface area contributed by atoms with Gasteiger partial charge in [-0.1, -0.05) is 11.6 Å². The number of imidazole rings is 1. The standard InChI is InChI=1S/C19H15ClN4O/c1-2-24-17-8-5-14(20)11-16(17)23-19(24)13-3-6-15(7-4-13)25-18-12-21-9-10-22-18/h3-12H,2H2,1H3. The molecule has 2 aromatic carbocycles. The number of nitrogens with zero attached hydrogens (tertiary/aromatic N) is 4. The Morgan fingerprint density at radius 1 is 1.08 bits per heavy atom. The highest BCUT2D eigenvalue weighted by Crippen LogP contribution is 2.28. The van der Waals surface area contributed by atoms with E-state index in [-0.39, 0.29) is 0 Å². The molecule has 0 aliphatic rings. The first kappa shape index (κ1) is 15.6. The minimum atomic E-state index is 0.464. The lowest BCUT2D eigenvalue weighted by Crippen LogP contribution is -1.97. The van der Waals surface area contributed by atoms with E-state index in [4.69, 9.17) is 21.3 Å². The van der Waals surface area contributed by atoms with Crippen molar-refractivity contribution in [1.29, 1.82) is 0 Å². The molecule has 4 aromatic rings. The molecule has 0 amide bonds. The van der Waals surface area contributed by atoms with Crippen molar-refractivity contribution in [3.05, 3.63) is 66.1 Å². The fraction of sp³-hybridized carbons (Fsp3) is 0.105. The molecule has 0 spiro atoms. The van der Waals surface area contributed by atoms with Gasteiger partial charge in [0.05, 0.1) is 17.2 Å². The molecular weight excluding hydrogens is 336 g/mol. The van der Waals surface area contributed by atoms with Crippen LogP contribution in [0.25, 0.3) is 22.4 Å². The van der Waals surface area contributed by atoms with Crippen LogP contribution in [-0.4, -0.2) is 19.5 Å². The smallest absolute Gasteiger partial charge is 0.237 e. The minimum absolute atomic E-state index is 0.464. The Morgan fingerprint density at radius 3 is 2.64 bits per heavy atom. The van der Waals surface area contributed by atoms with Gasteiger partial charge in [0.2, 0.25) is 5.88 Å². The lowest BCUT2D eigenvalue weighted by molar-refractivity contribution is 0.460. The molecule has 6 heteroatoms. The third-order valence-electron chi connectivity index (χ3n) is 3.90. The van der Waals surface area contributed by atoms with Crippen LogP contribution in [0.1, 0.15) is 6.92 Å². The summed E-state index contributed by atoms with van der Waals surface area (Å²) in [6, 6.07) is 13.6. The molecule has 0 saturated heterocycles. The van der Waals surface area contributed by atoms with Gasteiger partial charge >= 0.3 is 0 Å². The second-order valence-electron chi connectivity index (χ2n) is 5.48. The van der Waals surface area contributed by atoms with Gasteiger partial charge in [-0.3, -0.25) is 4.98 Å². The number of benzene rings is 2. The van der Waals surface area contributed by atoms with Gasteiger partial charge in [-0.25, -0.2) is 9.97 Å². The van der Waals surface area contributed by atoms with Crippen LogP contribution in [0.5, 0.6) is 11.6 Å². The van der Waals surface area contributed by atoms with Crippen LogP contribution in [0, 0.1) is 0 Å². The fourth-order valence-corrected chi connectivity index (χ4v) is 2.94. The van der Waals surface area contributed by atoms with Crippen LogP contribution in [0.2, 0.25) is 5.02 Å². The number of halogens is 1. The molecule has 0 saturated carbocycles. The molecule has 0 N–H and O–H groups in total. The summed E-state index contributed by atoms with van der Waals surface area (Å²) >= 11 is 6.09. The van der Waals surface area contributed by atoms with Crippen molar-refractivity contribution in [2.24, 2.45) is 0 Å². The van der Waals surface area contributed by atoms with E-state index in [1.165, 1.54) is 0 Å². The molecule has 4 rings (SSSR count). The summed E-state index contributed by atoms with van der Waals surface area (Å²) in [5.74, 6) is 2.07. The number of fused-ring (bicyclic) bond motifs is 1. The summed E-state index contributed by atoms with van der Waals surface area (Å²) in [5.41, 5.74) is 2.98. The van der Waals surface area contributed by atoms with Crippen LogP contribution in [-0.2, 0) is 6.54 Å². The molecule has 124 valence electrons. The van der Waals surface area contributed by atoms with Gasteiger partial charge in [0.15, 0.2) is 0 Å². The number of aryl methyl sites for hydroxylation is 1. The fourth-order valence-electron chi connectivity index (χ4n) is 2.77. The number of hydrogen-bond donors (Lipinski definition) is 0. The van der Waals surface area contributed by atoms with Crippen molar-refractivity contribution in [2.45, 2.75) is 13.5 Å². The van der Waals surface area contributed by atoms with Crippen molar-refractivity contribution in [3.63, 3.8) is 0 Å². The lowest BCUT2D eigenvalue weighted by atomic mass is 10.2. The lowest BCUT2D eigenvalue weighted by Gasteiger charge is -2.08. The zero-order chi connectivity index (χ0) is 17.2. The van der Waals surface area contributed by atoms with Gasteiger partial charge in [0.25, 0.3) is 0 Å². The van der Waals surface area contributed by atoms with Crippen molar-refractivity contribution in [3.8, 4) is 23.0 Å². The Bertz CT molecular complexity index is 1010. The van der Waals surface area contributed by atoms with Crippen molar-refractivity contribution in [2.75, 3.05) is 0 Å². The second kappa shape index (κ2) is 6.53. The summed E-state index contributed by atoms with van der Waals surface area (Å²) in [6.07, 6.45) is 4.78. The van der Waals surface area contributed by atoms with E-state index in [2.05, 4.69) is 21.5 Å². The zero-order valence-electron chi connectivity index (χ0n) is 13.6. The van der Waals surface area contributed by atoms with E-state index in [0.717, 1.165) is 29.0 Å². The monoisotopic (exact) mass is 350 g/mol. The predicted octanol–water partition coefficient (Wildman–Crippen LogP) is 4.96. The van der Waals surface area contributed by atoms with E-state index in [1.54, 1.807) is 18.6 Å². The van der Waals surface area contributed by atoms with Crippen LogP contribution in [0.15, 0.2) is 61.1 Å². The van der Waals surface area contributed by atoms with E-state index in [1.807, 2.05) is 42.5 Å². The van der Waals surface area contributed by atoms with Gasteiger partial charge < -0.3 is 9.30 Å². The van der Waals surface area contributed by atoms with Gasteiger partial charge in [-0.2, -0.15) is 0 Å². The van der Waals surface area contributed by atoms with E-state index in [0.29, 0.717) is 16.7 Å². The Morgan fingerprint density at radius 2 is 1.92 bits per heavy atom. The van der Waals surface area contributed by atoms with Crippen molar-refractivity contribution >= 4 is 22.6 Å². The van der Waals surface area contributed by atoms with Gasteiger partial charge in [0.1, 0.15) is 11.6 Å². The Balaban J connectivity index is 1.69. The van der Waals surface area contributed by atoms with Crippen molar-refractivity contribution in [1.82, 2.24) is 19.5 Å². The molecular formula is C19H15ClN4O. The average Bonchev–Trinajstić information content (AvgIpc) is 3.00. The van der Waals surface area contributed by atoms with Gasteiger partial charge in [-0.05, 0) is 49.4 Å². The molecule has 0 radical (unpaired) electrons. The molecule has 2 heterocycles. The summed E-state index contributed by atoms with van der Waals surface area (Å²) in [7, 11) is 0. The maximum atomic E-state index is 6.09. The van der Waals surface area contributed by atoms with E-state index in [9.17, 15) is 0 Å².